The number of hydrogen-bond acceptors (Lipinski definition) is 1. The average molecular weight is 425 g/mol. The fourth-order valence-electron chi connectivity index (χ4n) is 4.59. The van der Waals surface area contributed by atoms with Gasteiger partial charge in [0.15, 0.2) is 0 Å². The van der Waals surface area contributed by atoms with E-state index in [1.807, 2.05) is 0 Å². The minimum atomic E-state index is -0.0306. The highest BCUT2D eigenvalue weighted by molar-refractivity contribution is 4.58. The van der Waals surface area contributed by atoms with Crippen LogP contribution in [0.25, 0.3) is 0 Å². The van der Waals surface area contributed by atoms with Crippen molar-refractivity contribution in [3.63, 3.8) is 0 Å². The lowest BCUT2D eigenvalue weighted by molar-refractivity contribution is 0.147. The van der Waals surface area contributed by atoms with Gasteiger partial charge in [0.2, 0.25) is 0 Å². The monoisotopic (exact) mass is 424 g/mol. The van der Waals surface area contributed by atoms with E-state index in [9.17, 15) is 5.11 Å². The van der Waals surface area contributed by atoms with Crippen molar-refractivity contribution in [2.24, 2.45) is 0 Å². The molecule has 0 aliphatic carbocycles. The zero-order valence-electron chi connectivity index (χ0n) is 21.4. The highest BCUT2D eigenvalue weighted by Crippen LogP contribution is 2.16. The molecule has 0 aromatic heterocycles. The molecule has 1 N–H and O–H groups in total. The normalized spacial score (nSPS) is 12.5. The molecule has 0 saturated heterocycles. The first-order chi connectivity index (χ1) is 14.8. The molecule has 0 heterocycles. The predicted molar refractivity (Wildman–Crippen MR) is 137 cm³/mol. The smallest absolute Gasteiger partial charge is 0.0540 e. The Kier molecular flexibility index (Phi) is 27.0. The van der Waals surface area contributed by atoms with Crippen LogP contribution in [0, 0.1) is 0 Å². The Morgan fingerprint density at radius 1 is 0.333 bits per heavy atom. The van der Waals surface area contributed by atoms with Crippen LogP contribution >= 0.6 is 0 Å². The van der Waals surface area contributed by atoms with Crippen molar-refractivity contribution in [1.82, 2.24) is 0 Å². The van der Waals surface area contributed by atoms with Crippen LogP contribution < -0.4 is 0 Å². The van der Waals surface area contributed by atoms with Crippen molar-refractivity contribution in [2.45, 2.75) is 187 Å². The van der Waals surface area contributed by atoms with Crippen molar-refractivity contribution in [3.8, 4) is 0 Å². The Morgan fingerprint density at radius 2 is 0.533 bits per heavy atom. The lowest BCUT2D eigenvalue weighted by atomic mass is 10.0. The van der Waals surface area contributed by atoms with E-state index in [-0.39, 0.29) is 6.10 Å². The number of rotatable bonds is 26. The van der Waals surface area contributed by atoms with Gasteiger partial charge in [0, 0.05) is 0 Å². The Balaban J connectivity index is 3.10. The minimum absolute atomic E-state index is 0.0306. The van der Waals surface area contributed by atoms with E-state index in [2.05, 4.69) is 13.8 Å². The van der Waals surface area contributed by atoms with Gasteiger partial charge in [-0.1, -0.05) is 168 Å². The van der Waals surface area contributed by atoms with E-state index in [4.69, 9.17) is 0 Å². The van der Waals surface area contributed by atoms with Gasteiger partial charge in [-0.25, -0.2) is 0 Å². The molecular formula is C29H60O. The summed E-state index contributed by atoms with van der Waals surface area (Å²) in [6, 6.07) is 0. The molecule has 1 heteroatoms. The summed E-state index contributed by atoms with van der Waals surface area (Å²) in [5.74, 6) is 0. The topological polar surface area (TPSA) is 20.2 Å². The molecular weight excluding hydrogens is 364 g/mol. The van der Waals surface area contributed by atoms with E-state index >= 15 is 0 Å². The Morgan fingerprint density at radius 3 is 0.767 bits per heavy atom. The van der Waals surface area contributed by atoms with Crippen molar-refractivity contribution in [2.75, 3.05) is 0 Å². The van der Waals surface area contributed by atoms with Crippen LogP contribution in [0.4, 0.5) is 0 Å². The quantitative estimate of drug-likeness (QED) is 0.137. The maximum atomic E-state index is 10.1. The molecule has 1 atom stereocenters. The highest BCUT2D eigenvalue weighted by Gasteiger charge is 2.03. The molecule has 0 radical (unpaired) electrons. The van der Waals surface area contributed by atoms with Gasteiger partial charge < -0.3 is 5.11 Å². The highest BCUT2D eigenvalue weighted by atomic mass is 16.3. The second-order valence-corrected chi connectivity index (χ2v) is 10.0. The second kappa shape index (κ2) is 27.0. The summed E-state index contributed by atoms with van der Waals surface area (Å²) < 4.78 is 0. The lowest BCUT2D eigenvalue weighted by Crippen LogP contribution is -2.05. The van der Waals surface area contributed by atoms with Crippen LogP contribution in [0.2, 0.25) is 0 Å². The number of aliphatic hydroxyl groups excluding tert-OH is 1. The summed E-state index contributed by atoms with van der Waals surface area (Å²) in [5, 5.41) is 10.1. The van der Waals surface area contributed by atoms with Crippen LogP contribution in [0.3, 0.4) is 0 Å². The SMILES string of the molecule is CCCCCCCCCCCCCCCCCCCC(O)CCCCCCCCC. The molecule has 0 aliphatic rings. The largest absolute Gasteiger partial charge is 0.393 e. The average Bonchev–Trinajstić information content (AvgIpc) is 2.75. The van der Waals surface area contributed by atoms with Crippen molar-refractivity contribution >= 4 is 0 Å². The third-order valence-corrected chi connectivity index (χ3v) is 6.78. The van der Waals surface area contributed by atoms with Gasteiger partial charge in [0.1, 0.15) is 0 Å². The third kappa shape index (κ3) is 26.0. The van der Waals surface area contributed by atoms with E-state index < -0.39 is 0 Å². The standard InChI is InChI=1S/C29H60O/c1-3-5-7-9-11-12-13-14-15-16-17-18-19-20-22-24-26-28-29(30)27-25-23-21-10-8-6-4-2/h29-30H,3-28H2,1-2H3. The van der Waals surface area contributed by atoms with Gasteiger partial charge in [-0.05, 0) is 12.8 Å². The first-order valence-corrected chi connectivity index (χ1v) is 14.5. The summed E-state index contributed by atoms with van der Waals surface area (Å²) in [6.07, 6.45) is 35.6. The molecule has 0 spiro atoms. The summed E-state index contributed by atoms with van der Waals surface area (Å²) in [4.78, 5) is 0. The fraction of sp³-hybridized carbons (Fsp3) is 1.00. The Labute approximate surface area is 192 Å². The first-order valence-electron chi connectivity index (χ1n) is 14.5. The summed E-state index contributed by atoms with van der Waals surface area (Å²) in [5.41, 5.74) is 0. The zero-order valence-corrected chi connectivity index (χ0v) is 21.4. The fourth-order valence-corrected chi connectivity index (χ4v) is 4.59. The van der Waals surface area contributed by atoms with Gasteiger partial charge in [0.05, 0.1) is 6.10 Å². The van der Waals surface area contributed by atoms with Gasteiger partial charge in [-0.2, -0.15) is 0 Å². The third-order valence-electron chi connectivity index (χ3n) is 6.78. The van der Waals surface area contributed by atoms with E-state index in [0.717, 1.165) is 12.8 Å². The number of unbranched alkanes of at least 4 members (excludes halogenated alkanes) is 22. The summed E-state index contributed by atoms with van der Waals surface area (Å²) in [6.45, 7) is 4.57. The molecule has 0 bridgehead atoms. The molecule has 1 unspecified atom stereocenters. The Bertz CT molecular complexity index is 288. The molecule has 0 aromatic rings. The molecule has 0 aliphatic heterocycles. The van der Waals surface area contributed by atoms with Crippen LogP contribution in [0.15, 0.2) is 0 Å². The minimum Gasteiger partial charge on any atom is -0.393 e. The van der Waals surface area contributed by atoms with Crippen LogP contribution in [-0.4, -0.2) is 11.2 Å². The zero-order chi connectivity index (χ0) is 22.0. The molecule has 30 heavy (non-hydrogen) atoms. The van der Waals surface area contributed by atoms with E-state index in [0.29, 0.717) is 0 Å². The van der Waals surface area contributed by atoms with Crippen LogP contribution in [0.5, 0.6) is 0 Å². The molecule has 182 valence electrons. The Hall–Kier alpha value is -0.0400. The molecule has 0 saturated carbocycles. The molecule has 0 rings (SSSR count). The van der Waals surface area contributed by atoms with Gasteiger partial charge in [-0.3, -0.25) is 0 Å². The maximum absolute atomic E-state index is 10.1. The van der Waals surface area contributed by atoms with E-state index in [1.54, 1.807) is 0 Å². The molecule has 0 amide bonds. The molecule has 1 nitrogen and oxygen atoms in total. The number of hydrogen-bond donors (Lipinski definition) is 1. The van der Waals surface area contributed by atoms with Crippen LogP contribution in [-0.2, 0) is 0 Å². The summed E-state index contributed by atoms with van der Waals surface area (Å²) in [7, 11) is 0. The first kappa shape index (κ1) is 30.0. The van der Waals surface area contributed by atoms with Crippen molar-refractivity contribution < 1.29 is 5.11 Å². The van der Waals surface area contributed by atoms with Gasteiger partial charge in [0.25, 0.3) is 0 Å². The van der Waals surface area contributed by atoms with Gasteiger partial charge >= 0.3 is 0 Å². The lowest BCUT2D eigenvalue weighted by Gasteiger charge is -2.10. The van der Waals surface area contributed by atoms with Gasteiger partial charge in [-0.15, -0.1) is 0 Å². The predicted octanol–water partition coefficient (Wildman–Crippen LogP) is 10.5. The second-order valence-electron chi connectivity index (χ2n) is 10.0. The molecule has 0 aromatic carbocycles. The van der Waals surface area contributed by atoms with Crippen molar-refractivity contribution in [3.05, 3.63) is 0 Å². The van der Waals surface area contributed by atoms with E-state index in [1.165, 1.54) is 154 Å². The van der Waals surface area contributed by atoms with Crippen LogP contribution in [0.1, 0.15) is 181 Å². The summed E-state index contributed by atoms with van der Waals surface area (Å²) >= 11 is 0. The van der Waals surface area contributed by atoms with Crippen molar-refractivity contribution in [1.29, 1.82) is 0 Å². The molecule has 0 fully saturated rings. The maximum Gasteiger partial charge on any atom is 0.0540 e. The number of aliphatic hydroxyl groups is 1.